The summed E-state index contributed by atoms with van der Waals surface area (Å²) in [4.78, 5) is 15.9. The van der Waals surface area contributed by atoms with Crippen molar-refractivity contribution in [3.8, 4) is 0 Å². The van der Waals surface area contributed by atoms with Crippen LogP contribution in [0.4, 0.5) is 5.69 Å². The van der Waals surface area contributed by atoms with E-state index in [0.29, 0.717) is 16.8 Å². The summed E-state index contributed by atoms with van der Waals surface area (Å²) in [5.74, 6) is 0.00595. The minimum Gasteiger partial charge on any atom is -0.289 e. The Kier molecular flexibility index (Phi) is 3.48. The van der Waals surface area contributed by atoms with Crippen molar-refractivity contribution in [2.75, 3.05) is 0 Å². The van der Waals surface area contributed by atoms with E-state index >= 15 is 0 Å². The molecule has 0 spiro atoms. The number of aryl methyl sites for hydroxylation is 3. The van der Waals surface area contributed by atoms with Crippen LogP contribution in [-0.4, -0.2) is 5.78 Å². The van der Waals surface area contributed by atoms with E-state index in [2.05, 4.69) is 4.85 Å². The molecule has 2 nitrogen and oxygen atoms in total. The third-order valence-electron chi connectivity index (χ3n) is 3.15. The lowest BCUT2D eigenvalue weighted by Crippen LogP contribution is -2.02. The maximum Gasteiger partial charge on any atom is 0.193 e. The molecule has 2 heteroatoms. The third-order valence-corrected chi connectivity index (χ3v) is 3.15. The van der Waals surface area contributed by atoms with Crippen LogP contribution >= 0.6 is 0 Å². The molecule has 19 heavy (non-hydrogen) atoms. The van der Waals surface area contributed by atoms with Gasteiger partial charge in [0.05, 0.1) is 6.57 Å². The highest BCUT2D eigenvalue weighted by atomic mass is 16.1. The van der Waals surface area contributed by atoms with Crippen LogP contribution in [0.1, 0.15) is 32.6 Å². The highest BCUT2D eigenvalue weighted by Gasteiger charge is 2.12. The molecule has 0 bridgehead atoms. The molecule has 0 N–H and O–H groups in total. The molecular formula is C17H15NO. The second-order valence-electron chi connectivity index (χ2n) is 4.77. The second-order valence-corrected chi connectivity index (χ2v) is 4.77. The fraction of sp³-hybridized carbons (Fsp3) is 0.176. The van der Waals surface area contributed by atoms with Crippen molar-refractivity contribution in [3.63, 3.8) is 0 Å². The molecule has 0 unspecified atom stereocenters. The van der Waals surface area contributed by atoms with E-state index in [1.807, 2.05) is 45.0 Å². The summed E-state index contributed by atoms with van der Waals surface area (Å²) in [6.07, 6.45) is 0. The number of ketones is 1. The zero-order valence-electron chi connectivity index (χ0n) is 11.3. The molecule has 0 aliphatic carbocycles. The number of carbonyl (C=O) groups excluding carboxylic acids is 1. The monoisotopic (exact) mass is 249 g/mol. The number of carbonyl (C=O) groups is 1. The van der Waals surface area contributed by atoms with Gasteiger partial charge in [-0.3, -0.25) is 4.79 Å². The lowest BCUT2D eigenvalue weighted by atomic mass is 9.97. The SMILES string of the molecule is [C-]#[N+]c1c(C)cc(C(=O)c2cccc(C)c2)cc1C. The first-order valence-electron chi connectivity index (χ1n) is 6.13. The Balaban J connectivity index is 2.49. The molecule has 0 aliphatic rings. The van der Waals surface area contributed by atoms with Gasteiger partial charge in [0.1, 0.15) is 0 Å². The van der Waals surface area contributed by atoms with Crippen LogP contribution in [0, 0.1) is 27.3 Å². The van der Waals surface area contributed by atoms with Crippen molar-refractivity contribution in [3.05, 3.63) is 75.6 Å². The van der Waals surface area contributed by atoms with E-state index in [0.717, 1.165) is 16.7 Å². The Hall–Kier alpha value is -2.40. The average Bonchev–Trinajstić information content (AvgIpc) is 2.37. The predicted octanol–water partition coefficient (Wildman–Crippen LogP) is 4.39. The van der Waals surface area contributed by atoms with Crippen LogP contribution in [-0.2, 0) is 0 Å². The number of benzene rings is 2. The number of nitrogens with zero attached hydrogens (tertiary/aromatic N) is 1. The first-order valence-corrected chi connectivity index (χ1v) is 6.13. The second kappa shape index (κ2) is 5.07. The van der Waals surface area contributed by atoms with E-state index in [1.165, 1.54) is 0 Å². The van der Waals surface area contributed by atoms with E-state index in [4.69, 9.17) is 6.57 Å². The molecule has 94 valence electrons. The highest BCUT2D eigenvalue weighted by Crippen LogP contribution is 2.26. The molecule has 2 aromatic rings. The Bertz CT molecular complexity index is 670. The van der Waals surface area contributed by atoms with Gasteiger partial charge < -0.3 is 0 Å². The number of rotatable bonds is 2. The van der Waals surface area contributed by atoms with Gasteiger partial charge >= 0.3 is 0 Å². The quantitative estimate of drug-likeness (QED) is 0.571. The minimum atomic E-state index is 0.00595. The van der Waals surface area contributed by atoms with E-state index in [-0.39, 0.29) is 5.78 Å². The van der Waals surface area contributed by atoms with Crippen molar-refractivity contribution in [1.82, 2.24) is 0 Å². The Morgan fingerprint density at radius 2 is 1.63 bits per heavy atom. The van der Waals surface area contributed by atoms with Crippen LogP contribution in [0.15, 0.2) is 36.4 Å². The molecule has 0 saturated carbocycles. The molecule has 0 saturated heterocycles. The molecule has 0 atom stereocenters. The molecular weight excluding hydrogens is 234 g/mol. The zero-order chi connectivity index (χ0) is 14.0. The summed E-state index contributed by atoms with van der Waals surface area (Å²) in [5.41, 5.74) is 4.75. The van der Waals surface area contributed by atoms with Crippen LogP contribution in [0.25, 0.3) is 4.85 Å². The highest BCUT2D eigenvalue weighted by molar-refractivity contribution is 6.09. The van der Waals surface area contributed by atoms with Crippen LogP contribution in [0.2, 0.25) is 0 Å². The summed E-state index contributed by atoms with van der Waals surface area (Å²) in [6.45, 7) is 12.8. The summed E-state index contributed by atoms with van der Waals surface area (Å²) < 4.78 is 0. The predicted molar refractivity (Wildman–Crippen MR) is 76.8 cm³/mol. The Morgan fingerprint density at radius 3 is 2.16 bits per heavy atom. The van der Waals surface area contributed by atoms with E-state index in [9.17, 15) is 4.79 Å². The Morgan fingerprint density at radius 1 is 1.00 bits per heavy atom. The topological polar surface area (TPSA) is 21.4 Å². The smallest absolute Gasteiger partial charge is 0.193 e. The normalized spacial score (nSPS) is 10.0. The first kappa shape index (κ1) is 13.0. The van der Waals surface area contributed by atoms with Gasteiger partial charge in [0.25, 0.3) is 0 Å². The largest absolute Gasteiger partial charge is 0.289 e. The van der Waals surface area contributed by atoms with Gasteiger partial charge in [-0.1, -0.05) is 35.9 Å². The maximum atomic E-state index is 12.4. The fourth-order valence-electron chi connectivity index (χ4n) is 2.22. The van der Waals surface area contributed by atoms with Crippen LogP contribution < -0.4 is 0 Å². The number of hydrogen-bond acceptors (Lipinski definition) is 1. The standard InChI is InChI=1S/C17H15NO/c1-11-6-5-7-14(8-11)17(19)15-9-12(2)16(18-4)13(3)10-15/h5-10H,1-3H3. The van der Waals surface area contributed by atoms with Gasteiger partial charge in [0.15, 0.2) is 11.5 Å². The third kappa shape index (κ3) is 2.56. The molecule has 2 aromatic carbocycles. The molecule has 0 heterocycles. The van der Waals surface area contributed by atoms with Gasteiger partial charge in [-0.2, -0.15) is 0 Å². The van der Waals surface area contributed by atoms with Crippen LogP contribution in [0.3, 0.4) is 0 Å². The molecule has 0 radical (unpaired) electrons. The summed E-state index contributed by atoms with van der Waals surface area (Å²) >= 11 is 0. The van der Waals surface area contributed by atoms with E-state index in [1.54, 1.807) is 12.1 Å². The zero-order valence-corrected chi connectivity index (χ0v) is 11.3. The lowest BCUT2D eigenvalue weighted by Gasteiger charge is -2.07. The van der Waals surface area contributed by atoms with Crippen molar-refractivity contribution in [2.24, 2.45) is 0 Å². The molecule has 2 rings (SSSR count). The van der Waals surface area contributed by atoms with Gasteiger partial charge in [0.2, 0.25) is 0 Å². The van der Waals surface area contributed by atoms with Gasteiger partial charge in [0, 0.05) is 11.1 Å². The first-order chi connectivity index (χ1) is 9.02. The lowest BCUT2D eigenvalue weighted by molar-refractivity contribution is 0.103. The fourth-order valence-corrected chi connectivity index (χ4v) is 2.22. The van der Waals surface area contributed by atoms with E-state index < -0.39 is 0 Å². The summed E-state index contributed by atoms with van der Waals surface area (Å²) in [6, 6.07) is 11.2. The molecule has 0 fully saturated rings. The summed E-state index contributed by atoms with van der Waals surface area (Å²) in [7, 11) is 0. The molecule has 0 aromatic heterocycles. The maximum absolute atomic E-state index is 12.4. The van der Waals surface area contributed by atoms with Crippen molar-refractivity contribution < 1.29 is 4.79 Å². The average molecular weight is 249 g/mol. The van der Waals surface area contributed by atoms with Crippen molar-refractivity contribution in [2.45, 2.75) is 20.8 Å². The Labute approximate surface area is 113 Å². The van der Waals surface area contributed by atoms with Crippen LogP contribution in [0.5, 0.6) is 0 Å². The van der Waals surface area contributed by atoms with Gasteiger partial charge in [-0.05, 0) is 38.0 Å². The summed E-state index contributed by atoms with van der Waals surface area (Å²) in [5, 5.41) is 0. The molecule has 0 amide bonds. The number of hydrogen-bond donors (Lipinski definition) is 0. The minimum absolute atomic E-state index is 0.00595. The van der Waals surface area contributed by atoms with Crippen molar-refractivity contribution in [1.29, 1.82) is 0 Å². The van der Waals surface area contributed by atoms with Gasteiger partial charge in [-0.15, -0.1) is 0 Å². The van der Waals surface area contributed by atoms with Crippen molar-refractivity contribution >= 4 is 11.5 Å². The van der Waals surface area contributed by atoms with Gasteiger partial charge in [-0.25, -0.2) is 4.85 Å². The molecule has 0 aliphatic heterocycles.